The molecule has 0 spiro atoms. The Labute approximate surface area is 157 Å². The molecule has 2 aromatic rings. The van der Waals surface area contributed by atoms with E-state index in [1.807, 2.05) is 36.4 Å². The molecule has 26 heavy (non-hydrogen) atoms. The van der Waals surface area contributed by atoms with E-state index in [4.69, 9.17) is 0 Å². The van der Waals surface area contributed by atoms with Crippen LogP contribution in [0.5, 0.6) is 0 Å². The molecule has 1 amide bonds. The molecule has 0 bridgehead atoms. The number of likely N-dealkylation sites (N-methyl/N-ethyl adjacent to an activating group) is 2. The van der Waals surface area contributed by atoms with Gasteiger partial charge in [0.15, 0.2) is 5.60 Å². The Morgan fingerprint density at radius 3 is 1.77 bits per heavy atom. The van der Waals surface area contributed by atoms with Crippen LogP contribution in [0.4, 0.5) is 0 Å². The number of hydrogen-bond acceptors (Lipinski definition) is 2. The van der Waals surface area contributed by atoms with E-state index in [2.05, 4.69) is 20.9 Å². The Kier molecular flexibility index (Phi) is 6.57. The fourth-order valence-corrected chi connectivity index (χ4v) is 3.08. The van der Waals surface area contributed by atoms with Crippen molar-refractivity contribution in [3.63, 3.8) is 0 Å². The van der Waals surface area contributed by atoms with Crippen LogP contribution in [0, 0.1) is 0 Å². The molecule has 0 fully saturated rings. The normalized spacial score (nSPS) is 12.0. The number of nitrogens with zero attached hydrogens (tertiary/aromatic N) is 2. The first kappa shape index (κ1) is 20.1. The van der Waals surface area contributed by atoms with Gasteiger partial charge >= 0.3 is 0 Å². The highest BCUT2D eigenvalue weighted by molar-refractivity contribution is 5.90. The van der Waals surface area contributed by atoms with Crippen LogP contribution in [0.25, 0.3) is 0 Å². The zero-order valence-electron chi connectivity index (χ0n) is 16.4. The molecule has 2 rings (SSSR count). The summed E-state index contributed by atoms with van der Waals surface area (Å²) in [6.45, 7) is 7.80. The van der Waals surface area contributed by atoms with E-state index < -0.39 is 5.60 Å². The minimum atomic E-state index is -1.68. The van der Waals surface area contributed by atoms with Gasteiger partial charge in [-0.05, 0) is 25.0 Å². The molecule has 4 heteroatoms. The van der Waals surface area contributed by atoms with Crippen molar-refractivity contribution >= 4 is 5.91 Å². The summed E-state index contributed by atoms with van der Waals surface area (Å²) in [5.41, 5.74) is -0.503. The van der Waals surface area contributed by atoms with Gasteiger partial charge in [0.25, 0.3) is 5.91 Å². The molecule has 0 aliphatic carbocycles. The molecule has 0 atom stereocenters. The fourth-order valence-electron chi connectivity index (χ4n) is 3.08. The highest BCUT2D eigenvalue weighted by Crippen LogP contribution is 2.31. The lowest BCUT2D eigenvalue weighted by Gasteiger charge is -2.36. The van der Waals surface area contributed by atoms with E-state index in [-0.39, 0.29) is 5.91 Å². The highest BCUT2D eigenvalue weighted by Gasteiger charge is 2.42. The molecular formula is C22H31N2O2+. The van der Waals surface area contributed by atoms with Crippen molar-refractivity contribution in [1.82, 2.24) is 4.90 Å². The number of aliphatic hydroxyl groups is 1. The Bertz CT molecular complexity index is 657. The number of carbonyl (C=O) groups is 1. The maximum Gasteiger partial charge on any atom is 0.263 e. The van der Waals surface area contributed by atoms with Gasteiger partial charge in [-0.2, -0.15) is 0 Å². The molecule has 0 aliphatic rings. The second-order valence-electron chi connectivity index (χ2n) is 7.14. The lowest BCUT2D eigenvalue weighted by atomic mass is 9.85. The van der Waals surface area contributed by atoms with Crippen molar-refractivity contribution in [1.29, 1.82) is 0 Å². The van der Waals surface area contributed by atoms with E-state index in [9.17, 15) is 9.90 Å². The lowest BCUT2D eigenvalue weighted by molar-refractivity contribution is -0.905. The van der Waals surface area contributed by atoms with Gasteiger partial charge in [-0.3, -0.25) is 4.79 Å². The number of carbonyl (C=O) groups excluding carboxylic acids is 1. The zero-order chi connectivity index (χ0) is 19.2. The van der Waals surface area contributed by atoms with Crippen molar-refractivity contribution in [3.8, 4) is 0 Å². The van der Waals surface area contributed by atoms with Crippen LogP contribution in [0.3, 0.4) is 0 Å². The van der Waals surface area contributed by atoms with E-state index in [0.717, 1.165) is 24.1 Å². The number of amides is 1. The van der Waals surface area contributed by atoms with Crippen molar-refractivity contribution < 1.29 is 14.4 Å². The van der Waals surface area contributed by atoms with Crippen LogP contribution in [-0.4, -0.2) is 60.7 Å². The number of rotatable bonds is 8. The quantitative estimate of drug-likeness (QED) is 0.740. The maximum atomic E-state index is 13.3. The van der Waals surface area contributed by atoms with Gasteiger partial charge < -0.3 is 14.5 Å². The zero-order valence-corrected chi connectivity index (χ0v) is 16.4. The monoisotopic (exact) mass is 355 g/mol. The molecule has 0 saturated heterocycles. The fraction of sp³-hybridized carbons (Fsp3) is 0.409. The smallest absolute Gasteiger partial charge is 0.263 e. The van der Waals surface area contributed by atoms with E-state index in [1.54, 1.807) is 36.2 Å². The maximum absolute atomic E-state index is 13.3. The third-order valence-electron chi connectivity index (χ3n) is 5.54. The summed E-state index contributed by atoms with van der Waals surface area (Å²) in [6.07, 6.45) is 0. The van der Waals surface area contributed by atoms with Gasteiger partial charge in [0, 0.05) is 7.05 Å². The van der Waals surface area contributed by atoms with Crippen LogP contribution < -0.4 is 0 Å². The van der Waals surface area contributed by atoms with Crippen LogP contribution in [0.15, 0.2) is 60.7 Å². The third kappa shape index (κ3) is 4.14. The third-order valence-corrected chi connectivity index (χ3v) is 5.54. The summed E-state index contributed by atoms with van der Waals surface area (Å²) in [6, 6.07) is 18.4. The van der Waals surface area contributed by atoms with Crippen LogP contribution in [0.2, 0.25) is 0 Å². The van der Waals surface area contributed by atoms with Crippen molar-refractivity contribution in [3.05, 3.63) is 71.8 Å². The van der Waals surface area contributed by atoms with Crippen molar-refractivity contribution in [2.45, 2.75) is 19.4 Å². The average molecular weight is 356 g/mol. The van der Waals surface area contributed by atoms with Gasteiger partial charge in [0.05, 0.1) is 33.2 Å². The summed E-state index contributed by atoms with van der Waals surface area (Å²) in [4.78, 5) is 15.0. The SMILES string of the molecule is CC[N+](C)(CC)CCN(C)C(=O)C(O)(c1ccccc1)c1ccccc1. The van der Waals surface area contributed by atoms with Crippen LogP contribution in [0.1, 0.15) is 25.0 Å². The summed E-state index contributed by atoms with van der Waals surface area (Å²) in [5, 5.41) is 11.5. The molecular weight excluding hydrogens is 324 g/mol. The van der Waals surface area contributed by atoms with Gasteiger partial charge in [-0.1, -0.05) is 60.7 Å². The summed E-state index contributed by atoms with van der Waals surface area (Å²) in [5.74, 6) is -0.298. The second kappa shape index (κ2) is 8.47. The minimum absolute atomic E-state index is 0.298. The van der Waals surface area contributed by atoms with Gasteiger partial charge in [-0.25, -0.2) is 0 Å². The molecule has 0 heterocycles. The Hall–Kier alpha value is -2.17. The Morgan fingerprint density at radius 1 is 0.962 bits per heavy atom. The molecule has 0 radical (unpaired) electrons. The summed E-state index contributed by atoms with van der Waals surface area (Å²) in [7, 11) is 3.97. The first-order valence-electron chi connectivity index (χ1n) is 9.30. The van der Waals surface area contributed by atoms with Gasteiger partial charge in [0.2, 0.25) is 0 Å². The lowest BCUT2D eigenvalue weighted by Crippen LogP contribution is -2.52. The largest absolute Gasteiger partial charge is 0.372 e. The first-order valence-corrected chi connectivity index (χ1v) is 9.30. The topological polar surface area (TPSA) is 40.5 Å². The molecule has 0 unspecified atom stereocenters. The molecule has 4 nitrogen and oxygen atoms in total. The Morgan fingerprint density at radius 2 is 1.38 bits per heavy atom. The van der Waals surface area contributed by atoms with Crippen LogP contribution in [-0.2, 0) is 10.4 Å². The standard InChI is InChI=1S/C22H31N2O2/c1-5-24(4,6-2)18-17-23(3)21(25)22(26,19-13-9-7-10-14-19)20-15-11-8-12-16-20/h7-16,26H,5-6,17-18H2,1-4H3/q+1. The number of quaternary nitrogens is 1. The number of hydrogen-bond donors (Lipinski definition) is 1. The number of benzene rings is 2. The molecule has 140 valence electrons. The van der Waals surface area contributed by atoms with E-state index in [0.29, 0.717) is 17.7 Å². The second-order valence-corrected chi connectivity index (χ2v) is 7.14. The van der Waals surface area contributed by atoms with Crippen LogP contribution >= 0.6 is 0 Å². The van der Waals surface area contributed by atoms with Crippen molar-refractivity contribution in [2.75, 3.05) is 40.3 Å². The first-order chi connectivity index (χ1) is 12.4. The van der Waals surface area contributed by atoms with E-state index >= 15 is 0 Å². The molecule has 0 saturated carbocycles. The highest BCUT2D eigenvalue weighted by atomic mass is 16.3. The predicted molar refractivity (Wildman–Crippen MR) is 106 cm³/mol. The van der Waals surface area contributed by atoms with Crippen molar-refractivity contribution in [2.24, 2.45) is 0 Å². The summed E-state index contributed by atoms with van der Waals surface area (Å²) >= 11 is 0. The predicted octanol–water partition coefficient (Wildman–Crippen LogP) is 2.87. The molecule has 0 aliphatic heterocycles. The minimum Gasteiger partial charge on any atom is -0.372 e. The molecule has 2 aromatic carbocycles. The average Bonchev–Trinajstić information content (AvgIpc) is 2.71. The Balaban J connectivity index is 2.33. The van der Waals surface area contributed by atoms with E-state index in [1.165, 1.54) is 0 Å². The van der Waals surface area contributed by atoms with Gasteiger partial charge in [0.1, 0.15) is 0 Å². The summed E-state index contributed by atoms with van der Waals surface area (Å²) < 4.78 is 0.896. The molecule has 1 N–H and O–H groups in total. The van der Waals surface area contributed by atoms with Gasteiger partial charge in [-0.15, -0.1) is 0 Å². The molecule has 0 aromatic heterocycles.